The van der Waals surface area contributed by atoms with Gasteiger partial charge >= 0.3 is 6.09 Å². The number of ether oxygens (including phenoxy) is 2. The Balaban J connectivity index is 0.838. The van der Waals surface area contributed by atoms with Crippen LogP contribution in [0, 0.1) is 5.92 Å². The lowest BCUT2D eigenvalue weighted by molar-refractivity contribution is -0.130. The number of fused-ring (bicyclic) bond motifs is 5. The van der Waals surface area contributed by atoms with E-state index in [-0.39, 0.29) is 47.1 Å². The molecular formula is C51H58N8O9. The molecule has 4 aliphatic rings. The molecule has 0 aliphatic carbocycles. The van der Waals surface area contributed by atoms with Gasteiger partial charge in [0.15, 0.2) is 5.84 Å². The SMILES string of the molecule is CCNC(=O)C1NN=C(c2cc(C(C)C)c(O)cc2O)N1c1ccc2c(ccn2CCC2CCN(C(=O)Oc3ccc4c(c3)C(CC)=C3Cn5c(cc(C(C)O)c(COC=O)c5=O)C3N4)CC2)c1. The van der Waals surface area contributed by atoms with Gasteiger partial charge in [-0.2, -0.15) is 5.10 Å². The van der Waals surface area contributed by atoms with Crippen molar-refractivity contribution in [2.45, 2.75) is 104 Å². The molecule has 17 heteroatoms. The number of likely N-dealkylation sites (N-methyl/N-ethyl adjacent to an activating group) is 1. The molecular weight excluding hydrogens is 869 g/mol. The fourth-order valence-corrected chi connectivity index (χ4v) is 10.3. The van der Waals surface area contributed by atoms with E-state index in [0.717, 1.165) is 64.8 Å². The number of aliphatic hydroxyl groups is 1. The van der Waals surface area contributed by atoms with Crippen LogP contribution in [0.5, 0.6) is 17.2 Å². The molecule has 4 aliphatic heterocycles. The molecule has 17 nitrogen and oxygen atoms in total. The van der Waals surface area contributed by atoms with Crippen molar-refractivity contribution in [2.24, 2.45) is 11.0 Å². The highest BCUT2D eigenvalue weighted by atomic mass is 16.6. The molecule has 2 amide bonds. The number of carbonyl (C=O) groups excluding carboxylic acids is 3. The molecule has 9 rings (SSSR count). The molecule has 1 fully saturated rings. The highest BCUT2D eigenvalue weighted by molar-refractivity contribution is 6.16. The largest absolute Gasteiger partial charge is 0.508 e. The minimum absolute atomic E-state index is 0.00700. The van der Waals surface area contributed by atoms with Crippen LogP contribution in [-0.2, 0) is 34.0 Å². The van der Waals surface area contributed by atoms with Crippen LogP contribution in [0.1, 0.15) is 112 Å². The zero-order chi connectivity index (χ0) is 48.0. The van der Waals surface area contributed by atoms with Gasteiger partial charge in [-0.1, -0.05) is 20.8 Å². The predicted molar refractivity (Wildman–Crippen MR) is 258 cm³/mol. The van der Waals surface area contributed by atoms with E-state index in [9.17, 15) is 34.5 Å². The quantitative estimate of drug-likeness (QED) is 0.0626. The predicted octanol–water partition coefficient (Wildman–Crippen LogP) is 6.94. The summed E-state index contributed by atoms with van der Waals surface area (Å²) in [4.78, 5) is 55.0. The fourth-order valence-electron chi connectivity index (χ4n) is 10.3. The van der Waals surface area contributed by atoms with Crippen molar-refractivity contribution in [3.05, 3.63) is 116 Å². The Morgan fingerprint density at radius 2 is 1.76 bits per heavy atom. The zero-order valence-corrected chi connectivity index (χ0v) is 38.9. The number of carbonyl (C=O) groups is 3. The summed E-state index contributed by atoms with van der Waals surface area (Å²) in [6.07, 6.45) is 3.16. The number of hydrogen-bond acceptors (Lipinski definition) is 13. The first-order valence-corrected chi connectivity index (χ1v) is 23.4. The van der Waals surface area contributed by atoms with Gasteiger partial charge in [-0.15, -0.1) is 0 Å². The van der Waals surface area contributed by atoms with Crippen LogP contribution in [0.2, 0.25) is 0 Å². The van der Waals surface area contributed by atoms with E-state index >= 15 is 0 Å². The van der Waals surface area contributed by atoms with Crippen molar-refractivity contribution in [2.75, 3.05) is 29.9 Å². The van der Waals surface area contributed by atoms with E-state index in [2.05, 4.69) is 44.9 Å². The Morgan fingerprint density at radius 1 is 0.971 bits per heavy atom. The van der Waals surface area contributed by atoms with Gasteiger partial charge in [0.05, 0.1) is 23.3 Å². The second-order valence-corrected chi connectivity index (χ2v) is 18.3. The second kappa shape index (κ2) is 18.8. The number of amidine groups is 1. The number of amides is 2. The van der Waals surface area contributed by atoms with E-state index in [1.54, 1.807) is 33.4 Å². The lowest BCUT2D eigenvalue weighted by Gasteiger charge is -2.32. The topological polar surface area (TPSA) is 212 Å². The molecule has 1 saturated heterocycles. The zero-order valence-electron chi connectivity index (χ0n) is 38.9. The van der Waals surface area contributed by atoms with Gasteiger partial charge in [0.1, 0.15) is 23.9 Å². The van der Waals surface area contributed by atoms with Crippen molar-refractivity contribution in [1.82, 2.24) is 24.8 Å². The lowest BCUT2D eigenvalue weighted by atomic mass is 9.88. The number of aliphatic hydroxyl groups excluding tert-OH is 1. The van der Waals surface area contributed by atoms with E-state index in [4.69, 9.17) is 9.47 Å². The molecule has 356 valence electrons. The molecule has 3 aromatic carbocycles. The molecule has 6 N–H and O–H groups in total. The summed E-state index contributed by atoms with van der Waals surface area (Å²) in [5, 5.41) is 44.0. The van der Waals surface area contributed by atoms with Gasteiger partial charge in [0.2, 0.25) is 6.17 Å². The maximum absolute atomic E-state index is 13.7. The molecule has 0 radical (unpaired) electrons. The fraction of sp³-hybridized carbons (Fsp3) is 0.392. The maximum Gasteiger partial charge on any atom is 0.415 e. The summed E-state index contributed by atoms with van der Waals surface area (Å²) >= 11 is 0. The number of nitrogens with zero attached hydrogens (tertiary/aromatic N) is 5. The van der Waals surface area contributed by atoms with Crippen LogP contribution < -0.4 is 31.3 Å². The summed E-state index contributed by atoms with van der Waals surface area (Å²) in [5.41, 5.74) is 10.7. The smallest absolute Gasteiger partial charge is 0.415 e. The number of hydrazone groups is 1. The van der Waals surface area contributed by atoms with Crippen LogP contribution in [0.3, 0.4) is 0 Å². The maximum atomic E-state index is 13.7. The first-order chi connectivity index (χ1) is 32.8. The molecule has 3 unspecified atom stereocenters. The molecule has 0 bridgehead atoms. The Kier molecular flexibility index (Phi) is 12.7. The number of piperidine rings is 1. The average Bonchev–Trinajstić information content (AvgIpc) is 4.05. The molecule has 68 heavy (non-hydrogen) atoms. The van der Waals surface area contributed by atoms with E-state index in [0.29, 0.717) is 79.0 Å². The Bertz CT molecular complexity index is 2930. The van der Waals surface area contributed by atoms with Crippen molar-refractivity contribution < 1.29 is 39.2 Å². The first-order valence-electron chi connectivity index (χ1n) is 23.4. The average molecular weight is 927 g/mol. The molecule has 0 saturated carbocycles. The number of phenolic OH excluding ortho intramolecular Hbond substituents is 2. The van der Waals surface area contributed by atoms with Gasteiger partial charge in [-0.25, -0.2) is 4.79 Å². The lowest BCUT2D eigenvalue weighted by Crippen LogP contribution is -2.51. The highest BCUT2D eigenvalue weighted by Gasteiger charge is 2.38. The number of rotatable bonds is 14. The van der Waals surface area contributed by atoms with Crippen molar-refractivity contribution >= 4 is 52.2 Å². The third kappa shape index (κ3) is 8.39. The van der Waals surface area contributed by atoms with Crippen molar-refractivity contribution in [1.29, 1.82) is 0 Å². The minimum Gasteiger partial charge on any atom is -0.508 e. The number of likely N-dealkylation sites (tertiary alicyclic amines) is 1. The number of aryl methyl sites for hydroxylation is 1. The number of pyridine rings is 1. The normalized spacial score (nSPS) is 18.1. The third-order valence-electron chi connectivity index (χ3n) is 13.8. The van der Waals surface area contributed by atoms with Gasteiger partial charge in [-0.05, 0) is 128 Å². The highest BCUT2D eigenvalue weighted by Crippen LogP contribution is 2.47. The van der Waals surface area contributed by atoms with Crippen LogP contribution in [0.25, 0.3) is 16.5 Å². The van der Waals surface area contributed by atoms with E-state index in [1.165, 1.54) is 6.07 Å². The third-order valence-corrected chi connectivity index (χ3v) is 13.8. The summed E-state index contributed by atoms with van der Waals surface area (Å²) < 4.78 is 14.8. The Hall–Kier alpha value is -7.27. The number of benzene rings is 3. The molecule has 5 aromatic rings. The number of allylic oxidation sites excluding steroid dienone is 1. The van der Waals surface area contributed by atoms with Gasteiger partial charge < -0.3 is 49.5 Å². The van der Waals surface area contributed by atoms with Gasteiger partial charge in [-0.3, -0.25) is 24.7 Å². The van der Waals surface area contributed by atoms with E-state index < -0.39 is 18.4 Å². The van der Waals surface area contributed by atoms with Gasteiger partial charge in [0.25, 0.3) is 17.9 Å². The van der Waals surface area contributed by atoms with E-state index in [1.807, 2.05) is 57.2 Å². The molecule has 2 aromatic heterocycles. The number of nitrogens with one attached hydrogen (secondary N) is 3. The minimum atomic E-state index is -0.933. The van der Waals surface area contributed by atoms with Gasteiger partial charge in [0, 0.05) is 78.5 Å². The number of phenols is 2. The summed E-state index contributed by atoms with van der Waals surface area (Å²) in [6, 6.07) is 18.2. The Morgan fingerprint density at radius 3 is 2.49 bits per heavy atom. The monoisotopic (exact) mass is 926 g/mol. The number of hydrogen-bond donors (Lipinski definition) is 6. The Labute approximate surface area is 393 Å². The molecule has 0 spiro atoms. The number of aromatic nitrogens is 2. The summed E-state index contributed by atoms with van der Waals surface area (Å²) in [5.74, 6) is 0.765. The van der Waals surface area contributed by atoms with Crippen molar-refractivity contribution in [3.8, 4) is 17.2 Å². The number of anilines is 2. The number of aromatic hydroxyl groups is 2. The summed E-state index contributed by atoms with van der Waals surface area (Å²) in [7, 11) is 0. The van der Waals surface area contributed by atoms with Crippen LogP contribution in [0.15, 0.2) is 82.3 Å². The molecule has 6 heterocycles. The van der Waals surface area contributed by atoms with Crippen molar-refractivity contribution in [3.63, 3.8) is 0 Å². The molecule has 3 atom stereocenters. The first kappa shape index (κ1) is 45.9. The van der Waals surface area contributed by atoms with Crippen LogP contribution >= 0.6 is 0 Å². The second-order valence-electron chi connectivity index (χ2n) is 18.3. The standard InChI is InChI=1S/C51H58N8O9/c1-6-34-37-21-33(9-10-41(37)53-46-39(34)25-58-43(46)23-36(29(5)61)40(50(58)65)26-67-27-60)68-51(66)57-17-13-30(14-18-57)12-16-56-19-15-31-20-32(8-11-42(31)56)59-47(54-55-48(59)49(64)52-7-2)38-22-35(28(3)4)44(62)24-45(38)63/h8-11,15,19-24,27-30,46,48,53,55,61-63H,6-7,12-14,16-18,25-26H2,1-5H3,(H,52,64). The summed E-state index contributed by atoms with van der Waals surface area (Å²) in [6.45, 7) is 12.2. The van der Waals surface area contributed by atoms with Crippen LogP contribution in [0.4, 0.5) is 16.2 Å². The van der Waals surface area contributed by atoms with Crippen LogP contribution in [-0.4, -0.2) is 79.5 Å².